The molecule has 0 aromatic heterocycles. The van der Waals surface area contributed by atoms with Crippen LogP contribution >= 0.6 is 0 Å². The number of carboxylic acid groups (broad SMARTS) is 1. The van der Waals surface area contributed by atoms with Crippen LogP contribution in [0.1, 0.15) is 12.8 Å². The van der Waals surface area contributed by atoms with E-state index < -0.39 is 18.5 Å². The van der Waals surface area contributed by atoms with E-state index in [1.54, 1.807) is 4.90 Å². The van der Waals surface area contributed by atoms with E-state index in [-0.39, 0.29) is 0 Å². The molecule has 0 aromatic rings. The van der Waals surface area contributed by atoms with Gasteiger partial charge in [-0.1, -0.05) is 0 Å². The fourth-order valence-corrected chi connectivity index (χ4v) is 1.51. The van der Waals surface area contributed by atoms with Gasteiger partial charge in [-0.3, -0.25) is 4.90 Å². The van der Waals surface area contributed by atoms with Crippen molar-refractivity contribution in [3.8, 4) is 0 Å². The highest BCUT2D eigenvalue weighted by Gasteiger charge is 2.38. The summed E-state index contributed by atoms with van der Waals surface area (Å²) in [4.78, 5) is 12.2. The van der Waals surface area contributed by atoms with Crippen molar-refractivity contribution in [2.75, 3.05) is 13.1 Å². The number of ether oxygens (including phenoxy) is 1. The lowest BCUT2D eigenvalue weighted by atomic mass is 10.3. The predicted octanol–water partition coefficient (Wildman–Crippen LogP) is -0.542. The van der Waals surface area contributed by atoms with E-state index in [0.29, 0.717) is 12.5 Å². The summed E-state index contributed by atoms with van der Waals surface area (Å²) < 4.78 is 4.85. The molecule has 1 aliphatic carbocycles. The molecule has 5 heteroatoms. The third-order valence-corrected chi connectivity index (χ3v) is 2.46. The van der Waals surface area contributed by atoms with Crippen LogP contribution in [0.3, 0.4) is 0 Å². The molecule has 74 valence electrons. The summed E-state index contributed by atoms with van der Waals surface area (Å²) in [5.74, 6) is -0.372. The lowest BCUT2D eigenvalue weighted by molar-refractivity contribution is -0.172. The molecule has 1 heterocycles. The lowest BCUT2D eigenvalue weighted by Crippen LogP contribution is -2.32. The van der Waals surface area contributed by atoms with Gasteiger partial charge in [-0.25, -0.2) is 4.79 Å². The largest absolute Gasteiger partial charge is 0.479 e. The topological polar surface area (TPSA) is 70.0 Å². The van der Waals surface area contributed by atoms with Gasteiger partial charge in [-0.15, -0.1) is 0 Å². The van der Waals surface area contributed by atoms with Gasteiger partial charge >= 0.3 is 5.97 Å². The van der Waals surface area contributed by atoms with Crippen LogP contribution in [0.5, 0.6) is 0 Å². The van der Waals surface area contributed by atoms with Crippen molar-refractivity contribution < 1.29 is 19.7 Å². The Kier molecular flexibility index (Phi) is 2.23. The van der Waals surface area contributed by atoms with E-state index in [1.165, 1.54) is 12.8 Å². The molecule has 0 bridgehead atoms. The molecule has 0 spiro atoms. The molecule has 2 aliphatic rings. The quantitative estimate of drug-likeness (QED) is 0.620. The molecule has 1 saturated carbocycles. The summed E-state index contributed by atoms with van der Waals surface area (Å²) in [7, 11) is 0. The summed E-state index contributed by atoms with van der Waals surface area (Å²) in [6, 6.07) is 0. The van der Waals surface area contributed by atoms with Crippen molar-refractivity contribution in [3.05, 3.63) is 0 Å². The van der Waals surface area contributed by atoms with E-state index >= 15 is 0 Å². The molecule has 13 heavy (non-hydrogen) atoms. The number of aliphatic hydroxyl groups excluding tert-OH is 1. The monoisotopic (exact) mass is 187 g/mol. The summed E-state index contributed by atoms with van der Waals surface area (Å²) in [5.41, 5.74) is 0. The number of aliphatic carboxylic acids is 1. The van der Waals surface area contributed by atoms with E-state index in [0.717, 1.165) is 6.54 Å². The minimum atomic E-state index is -1.03. The van der Waals surface area contributed by atoms with Crippen LogP contribution in [0.15, 0.2) is 0 Å². The number of rotatable bonds is 3. The van der Waals surface area contributed by atoms with Crippen molar-refractivity contribution >= 4 is 5.97 Å². The summed E-state index contributed by atoms with van der Waals surface area (Å²) in [5, 5.41) is 18.0. The second-order valence-corrected chi connectivity index (χ2v) is 3.69. The zero-order chi connectivity index (χ0) is 9.42. The molecule has 5 nitrogen and oxygen atoms in total. The van der Waals surface area contributed by atoms with Crippen molar-refractivity contribution in [2.45, 2.75) is 25.4 Å². The van der Waals surface area contributed by atoms with E-state index in [2.05, 4.69) is 0 Å². The van der Waals surface area contributed by atoms with E-state index in [1.807, 2.05) is 0 Å². The van der Waals surface area contributed by atoms with Crippen molar-refractivity contribution in [1.82, 2.24) is 4.90 Å². The summed E-state index contributed by atoms with van der Waals surface area (Å²) >= 11 is 0. The average Bonchev–Trinajstić information content (AvgIpc) is 2.78. The smallest absolute Gasteiger partial charge is 0.334 e. The maximum absolute atomic E-state index is 10.5. The molecular formula is C8H13NO4. The molecule has 2 N–H and O–H groups in total. The van der Waals surface area contributed by atoms with Gasteiger partial charge in [0, 0.05) is 13.1 Å². The highest BCUT2D eigenvalue weighted by molar-refractivity contribution is 5.72. The van der Waals surface area contributed by atoms with Crippen LogP contribution in [-0.2, 0) is 9.53 Å². The third-order valence-electron chi connectivity index (χ3n) is 2.46. The van der Waals surface area contributed by atoms with Gasteiger partial charge in [0.2, 0.25) is 6.41 Å². The van der Waals surface area contributed by atoms with Gasteiger partial charge in [-0.2, -0.15) is 0 Å². The Bertz CT molecular complexity index is 216. The molecule has 2 fully saturated rings. The first-order valence-electron chi connectivity index (χ1n) is 4.47. The average molecular weight is 187 g/mol. The highest BCUT2D eigenvalue weighted by Crippen LogP contribution is 2.31. The first-order chi connectivity index (χ1) is 6.16. The zero-order valence-corrected chi connectivity index (χ0v) is 7.22. The Hall–Kier alpha value is -0.650. The van der Waals surface area contributed by atoms with Gasteiger partial charge in [0.1, 0.15) is 0 Å². The summed E-state index contributed by atoms with van der Waals surface area (Å²) in [6.45, 7) is 1.05. The molecule has 0 amide bonds. The standard InChI is InChI=1S/C8H13NO4/c10-7(11)6-4-9(8(12)13-6)3-5-1-2-5/h5-6,8,12H,1-4H2,(H,10,11)/t6?,8-/m0/s1. The van der Waals surface area contributed by atoms with Crippen molar-refractivity contribution in [3.63, 3.8) is 0 Å². The third kappa shape index (κ3) is 1.99. The van der Waals surface area contributed by atoms with Crippen LogP contribution in [0.25, 0.3) is 0 Å². The van der Waals surface area contributed by atoms with Crippen LogP contribution in [0.4, 0.5) is 0 Å². The Labute approximate surface area is 75.9 Å². The Morgan fingerprint density at radius 3 is 2.69 bits per heavy atom. The Morgan fingerprint density at radius 2 is 2.23 bits per heavy atom. The second kappa shape index (κ2) is 3.25. The van der Waals surface area contributed by atoms with Crippen molar-refractivity contribution in [2.24, 2.45) is 5.92 Å². The van der Waals surface area contributed by atoms with Crippen LogP contribution < -0.4 is 0 Å². The molecule has 0 radical (unpaired) electrons. The molecular weight excluding hydrogens is 174 g/mol. The first-order valence-corrected chi connectivity index (χ1v) is 4.47. The fraction of sp³-hybridized carbons (Fsp3) is 0.875. The van der Waals surface area contributed by atoms with Crippen molar-refractivity contribution in [1.29, 1.82) is 0 Å². The second-order valence-electron chi connectivity index (χ2n) is 3.69. The number of carbonyl (C=O) groups is 1. The van der Waals surface area contributed by atoms with Gasteiger partial charge in [0.15, 0.2) is 6.10 Å². The minimum Gasteiger partial charge on any atom is -0.479 e. The van der Waals surface area contributed by atoms with Crippen LogP contribution in [-0.4, -0.2) is 46.7 Å². The number of aliphatic hydroxyl groups is 1. The number of hydrogen-bond donors (Lipinski definition) is 2. The number of hydrogen-bond acceptors (Lipinski definition) is 4. The maximum atomic E-state index is 10.5. The Balaban J connectivity index is 1.86. The lowest BCUT2D eigenvalue weighted by Gasteiger charge is -2.16. The minimum absolute atomic E-state index is 0.299. The van der Waals surface area contributed by atoms with Crippen LogP contribution in [0.2, 0.25) is 0 Å². The predicted molar refractivity (Wildman–Crippen MR) is 42.8 cm³/mol. The SMILES string of the molecule is O=C(O)C1CN(CC2CC2)[C@@H](O)O1. The fourth-order valence-electron chi connectivity index (χ4n) is 1.51. The zero-order valence-electron chi connectivity index (χ0n) is 7.22. The number of nitrogens with zero attached hydrogens (tertiary/aromatic N) is 1. The molecule has 2 atom stereocenters. The maximum Gasteiger partial charge on any atom is 0.334 e. The molecule has 1 unspecified atom stereocenters. The van der Waals surface area contributed by atoms with Gasteiger partial charge in [0.25, 0.3) is 0 Å². The Morgan fingerprint density at radius 1 is 1.54 bits per heavy atom. The molecule has 0 aromatic carbocycles. The highest BCUT2D eigenvalue weighted by atomic mass is 16.7. The number of carboxylic acids is 1. The van der Waals surface area contributed by atoms with Gasteiger partial charge < -0.3 is 14.9 Å². The first kappa shape index (κ1) is 8.93. The van der Waals surface area contributed by atoms with E-state index in [4.69, 9.17) is 9.84 Å². The summed E-state index contributed by atoms with van der Waals surface area (Å²) in [6.07, 6.45) is 0.470. The normalized spacial score (nSPS) is 35.2. The van der Waals surface area contributed by atoms with E-state index in [9.17, 15) is 9.90 Å². The van der Waals surface area contributed by atoms with Gasteiger partial charge in [-0.05, 0) is 18.8 Å². The molecule has 1 saturated heterocycles. The molecule has 2 rings (SSSR count). The van der Waals surface area contributed by atoms with Crippen LogP contribution in [0, 0.1) is 5.92 Å². The molecule has 1 aliphatic heterocycles. The van der Waals surface area contributed by atoms with Gasteiger partial charge in [0.05, 0.1) is 0 Å².